The van der Waals surface area contributed by atoms with Crippen LogP contribution in [0.2, 0.25) is 0 Å². The Bertz CT molecular complexity index is 652. The second kappa shape index (κ2) is 7.58. The van der Waals surface area contributed by atoms with Gasteiger partial charge in [-0.1, -0.05) is 50.2 Å². The molecule has 2 N–H and O–H groups in total. The predicted molar refractivity (Wildman–Crippen MR) is 93.2 cm³/mol. The molecule has 0 aliphatic carbocycles. The van der Waals surface area contributed by atoms with Gasteiger partial charge in [-0.2, -0.15) is 0 Å². The van der Waals surface area contributed by atoms with Crippen molar-refractivity contribution in [3.63, 3.8) is 0 Å². The van der Waals surface area contributed by atoms with Crippen LogP contribution in [0.5, 0.6) is 0 Å². The smallest absolute Gasteiger partial charge is 0.230 e. The van der Waals surface area contributed by atoms with Crippen LogP contribution in [-0.2, 0) is 9.59 Å². The Morgan fingerprint density at radius 1 is 0.826 bits per heavy atom. The minimum Gasteiger partial charge on any atom is -0.326 e. The summed E-state index contributed by atoms with van der Waals surface area (Å²) in [7, 11) is 0. The molecule has 23 heavy (non-hydrogen) atoms. The van der Waals surface area contributed by atoms with Crippen molar-refractivity contribution in [3.8, 4) is 0 Å². The van der Waals surface area contributed by atoms with E-state index in [-0.39, 0.29) is 11.8 Å². The van der Waals surface area contributed by atoms with E-state index < -0.39 is 5.41 Å². The highest BCUT2D eigenvalue weighted by Gasteiger charge is 2.28. The van der Waals surface area contributed by atoms with Crippen molar-refractivity contribution in [3.05, 3.63) is 60.7 Å². The first-order valence-corrected chi connectivity index (χ1v) is 7.69. The van der Waals surface area contributed by atoms with E-state index in [1.807, 2.05) is 74.5 Å². The minimum atomic E-state index is -0.621. The lowest BCUT2D eigenvalue weighted by Gasteiger charge is -2.23. The van der Waals surface area contributed by atoms with E-state index in [4.69, 9.17) is 0 Å². The largest absolute Gasteiger partial charge is 0.326 e. The van der Waals surface area contributed by atoms with Gasteiger partial charge in [0.25, 0.3) is 0 Å². The highest BCUT2D eigenvalue weighted by atomic mass is 16.2. The fourth-order valence-corrected chi connectivity index (χ4v) is 2.11. The van der Waals surface area contributed by atoms with Crippen LogP contribution < -0.4 is 10.6 Å². The Morgan fingerprint density at radius 3 is 1.83 bits per heavy atom. The maximum absolute atomic E-state index is 12.4. The summed E-state index contributed by atoms with van der Waals surface area (Å²) in [6.45, 7) is 3.70. The topological polar surface area (TPSA) is 58.2 Å². The van der Waals surface area contributed by atoms with Crippen molar-refractivity contribution in [1.29, 1.82) is 0 Å². The fourth-order valence-electron chi connectivity index (χ4n) is 2.11. The maximum Gasteiger partial charge on any atom is 0.230 e. The first kappa shape index (κ1) is 16.7. The van der Waals surface area contributed by atoms with E-state index >= 15 is 0 Å². The van der Waals surface area contributed by atoms with E-state index in [1.165, 1.54) is 0 Å². The van der Waals surface area contributed by atoms with Gasteiger partial charge in [0.05, 0.1) is 0 Å². The Hall–Kier alpha value is -2.62. The molecule has 2 aromatic carbocycles. The molecule has 4 heteroatoms. The summed E-state index contributed by atoms with van der Waals surface area (Å²) in [5.74, 6) is -0.173. The lowest BCUT2D eigenvalue weighted by Crippen LogP contribution is -2.31. The standard InChI is InChI=1S/C19H22N2O2/c1-19(2,18(23)21-16-11-7-4-8-12-16)14-13-17(22)20-15-9-5-3-6-10-15/h3-12H,13-14H2,1-2H3,(H,20,22)(H,21,23). The number of rotatable bonds is 6. The summed E-state index contributed by atoms with van der Waals surface area (Å²) in [4.78, 5) is 24.4. The molecule has 0 saturated heterocycles. The SMILES string of the molecule is CC(C)(CCC(=O)Nc1ccccc1)C(=O)Nc1ccccc1. The van der Waals surface area contributed by atoms with E-state index in [0.717, 1.165) is 11.4 Å². The zero-order valence-electron chi connectivity index (χ0n) is 13.5. The van der Waals surface area contributed by atoms with Crippen molar-refractivity contribution >= 4 is 23.2 Å². The van der Waals surface area contributed by atoms with Gasteiger partial charge in [-0.3, -0.25) is 9.59 Å². The van der Waals surface area contributed by atoms with Gasteiger partial charge >= 0.3 is 0 Å². The molecular weight excluding hydrogens is 288 g/mol. The van der Waals surface area contributed by atoms with Crippen molar-refractivity contribution in [2.24, 2.45) is 5.41 Å². The first-order valence-electron chi connectivity index (χ1n) is 7.69. The second-order valence-corrected chi connectivity index (χ2v) is 6.12. The monoisotopic (exact) mass is 310 g/mol. The molecule has 120 valence electrons. The number of hydrogen-bond donors (Lipinski definition) is 2. The average molecular weight is 310 g/mol. The third kappa shape index (κ3) is 5.25. The molecule has 0 radical (unpaired) electrons. The molecule has 0 unspecified atom stereocenters. The molecule has 0 saturated carbocycles. The number of amides is 2. The van der Waals surface area contributed by atoms with Gasteiger partial charge in [0.1, 0.15) is 0 Å². The van der Waals surface area contributed by atoms with E-state index in [9.17, 15) is 9.59 Å². The van der Waals surface area contributed by atoms with Gasteiger partial charge in [0.15, 0.2) is 0 Å². The minimum absolute atomic E-state index is 0.0863. The van der Waals surface area contributed by atoms with Crippen molar-refractivity contribution < 1.29 is 9.59 Å². The summed E-state index contributed by atoms with van der Waals surface area (Å²) in [6.07, 6.45) is 0.772. The number of para-hydroxylation sites is 2. The van der Waals surface area contributed by atoms with Gasteiger partial charge in [-0.15, -0.1) is 0 Å². The van der Waals surface area contributed by atoms with E-state index in [0.29, 0.717) is 12.8 Å². The summed E-state index contributed by atoms with van der Waals surface area (Å²) >= 11 is 0. The molecule has 0 spiro atoms. The van der Waals surface area contributed by atoms with E-state index in [1.54, 1.807) is 0 Å². The average Bonchev–Trinajstić information content (AvgIpc) is 2.55. The van der Waals surface area contributed by atoms with Crippen LogP contribution in [0.15, 0.2) is 60.7 Å². The van der Waals surface area contributed by atoms with Gasteiger partial charge in [-0.05, 0) is 30.7 Å². The van der Waals surface area contributed by atoms with Gasteiger partial charge in [0.2, 0.25) is 11.8 Å². The normalized spacial score (nSPS) is 10.9. The molecule has 0 aliphatic rings. The first-order chi connectivity index (χ1) is 11.0. The molecule has 0 bridgehead atoms. The zero-order valence-corrected chi connectivity index (χ0v) is 13.5. The molecule has 0 heterocycles. The van der Waals surface area contributed by atoms with Gasteiger partial charge in [0, 0.05) is 23.2 Å². The highest BCUT2D eigenvalue weighted by Crippen LogP contribution is 2.25. The van der Waals surface area contributed by atoms with Crippen molar-refractivity contribution in [2.45, 2.75) is 26.7 Å². The van der Waals surface area contributed by atoms with Crippen LogP contribution in [-0.4, -0.2) is 11.8 Å². The number of hydrogen-bond acceptors (Lipinski definition) is 2. The molecule has 0 atom stereocenters. The van der Waals surface area contributed by atoms with Crippen LogP contribution in [0.1, 0.15) is 26.7 Å². The highest BCUT2D eigenvalue weighted by molar-refractivity contribution is 5.96. The van der Waals surface area contributed by atoms with Crippen LogP contribution in [0, 0.1) is 5.41 Å². The quantitative estimate of drug-likeness (QED) is 0.845. The fraction of sp³-hybridized carbons (Fsp3) is 0.263. The van der Waals surface area contributed by atoms with Crippen LogP contribution >= 0.6 is 0 Å². The van der Waals surface area contributed by atoms with Crippen LogP contribution in [0.3, 0.4) is 0 Å². The van der Waals surface area contributed by atoms with Gasteiger partial charge < -0.3 is 10.6 Å². The van der Waals surface area contributed by atoms with Crippen molar-refractivity contribution in [1.82, 2.24) is 0 Å². The maximum atomic E-state index is 12.4. The lowest BCUT2D eigenvalue weighted by atomic mass is 9.86. The summed E-state index contributed by atoms with van der Waals surface area (Å²) < 4.78 is 0. The second-order valence-electron chi connectivity index (χ2n) is 6.12. The number of carbonyl (C=O) groups is 2. The Morgan fingerprint density at radius 2 is 1.30 bits per heavy atom. The lowest BCUT2D eigenvalue weighted by molar-refractivity contribution is -0.125. The van der Waals surface area contributed by atoms with Crippen LogP contribution in [0.4, 0.5) is 11.4 Å². The summed E-state index contributed by atoms with van der Waals surface area (Å²) in [5.41, 5.74) is 0.910. The number of benzene rings is 2. The summed E-state index contributed by atoms with van der Waals surface area (Å²) in [6, 6.07) is 18.6. The Kier molecular flexibility index (Phi) is 5.52. The predicted octanol–water partition coefficient (Wildman–Crippen LogP) is 4.07. The Balaban J connectivity index is 1.85. The number of anilines is 2. The number of carbonyl (C=O) groups excluding carboxylic acids is 2. The third-order valence-corrected chi connectivity index (χ3v) is 3.68. The molecule has 2 amide bonds. The summed E-state index contributed by atoms with van der Waals surface area (Å²) in [5, 5.41) is 5.72. The zero-order chi connectivity index (χ0) is 16.7. The van der Waals surface area contributed by atoms with Gasteiger partial charge in [-0.25, -0.2) is 0 Å². The molecular formula is C19H22N2O2. The van der Waals surface area contributed by atoms with Crippen LogP contribution in [0.25, 0.3) is 0 Å². The van der Waals surface area contributed by atoms with Crippen molar-refractivity contribution in [2.75, 3.05) is 10.6 Å². The molecule has 0 fully saturated rings. The molecule has 0 aliphatic heterocycles. The number of nitrogens with one attached hydrogen (secondary N) is 2. The molecule has 4 nitrogen and oxygen atoms in total. The van der Waals surface area contributed by atoms with E-state index in [2.05, 4.69) is 10.6 Å². The third-order valence-electron chi connectivity index (χ3n) is 3.68. The molecule has 0 aromatic heterocycles. The molecule has 2 aromatic rings. The molecule has 2 rings (SSSR count). The Labute approximate surface area is 136 Å².